The molecule has 0 aliphatic carbocycles. The summed E-state index contributed by atoms with van der Waals surface area (Å²) in [5, 5.41) is 2.02. The summed E-state index contributed by atoms with van der Waals surface area (Å²) in [6.45, 7) is 3.73. The number of hydrogen-bond donors (Lipinski definition) is 0. The molecule has 0 aromatic carbocycles. The van der Waals surface area contributed by atoms with Crippen LogP contribution in [0.25, 0.3) is 11.2 Å². The van der Waals surface area contributed by atoms with Crippen LogP contribution in [0.1, 0.15) is 36.5 Å². The summed E-state index contributed by atoms with van der Waals surface area (Å²) in [7, 11) is 0. The highest BCUT2D eigenvalue weighted by atomic mass is 32.1. The van der Waals surface area contributed by atoms with Crippen molar-refractivity contribution in [2.24, 2.45) is 0 Å². The van der Waals surface area contributed by atoms with E-state index in [-0.39, 0.29) is 11.9 Å². The molecule has 4 rings (SSSR count). The van der Waals surface area contributed by atoms with Gasteiger partial charge in [-0.1, -0.05) is 13.0 Å². The molecule has 0 N–H and O–H groups in total. The normalized spacial score (nSPS) is 17.5. The maximum atomic E-state index is 12.6. The fourth-order valence-electron chi connectivity index (χ4n) is 3.61. The molecule has 130 valence electrons. The first-order valence-electron chi connectivity index (χ1n) is 8.88. The van der Waals surface area contributed by atoms with Crippen molar-refractivity contribution < 1.29 is 4.79 Å². The van der Waals surface area contributed by atoms with Gasteiger partial charge in [0.1, 0.15) is 11.3 Å². The van der Waals surface area contributed by atoms with Crippen molar-refractivity contribution in [2.45, 2.75) is 38.6 Å². The lowest BCUT2D eigenvalue weighted by molar-refractivity contribution is -0.129. The van der Waals surface area contributed by atoms with Crippen molar-refractivity contribution in [1.29, 1.82) is 0 Å². The van der Waals surface area contributed by atoms with Gasteiger partial charge < -0.3 is 9.47 Å². The third-order valence-corrected chi connectivity index (χ3v) is 5.66. The Labute approximate surface area is 151 Å². The molecule has 3 aromatic rings. The average Bonchev–Trinajstić information content (AvgIpc) is 3.33. The van der Waals surface area contributed by atoms with Gasteiger partial charge in [0, 0.05) is 30.6 Å². The number of nitrogens with zero attached hydrogens (tertiary/aromatic N) is 4. The topological polar surface area (TPSA) is 51.0 Å². The summed E-state index contributed by atoms with van der Waals surface area (Å²) < 4.78 is 2.28. The summed E-state index contributed by atoms with van der Waals surface area (Å²) in [4.78, 5) is 25.1. The van der Waals surface area contributed by atoms with E-state index in [4.69, 9.17) is 4.98 Å². The van der Waals surface area contributed by atoms with Crippen LogP contribution in [0.3, 0.4) is 0 Å². The van der Waals surface area contributed by atoms with Crippen LogP contribution in [0, 0.1) is 0 Å². The maximum absolute atomic E-state index is 12.6. The molecule has 1 amide bonds. The molecule has 6 heteroatoms. The van der Waals surface area contributed by atoms with Crippen molar-refractivity contribution in [3.63, 3.8) is 0 Å². The lowest BCUT2D eigenvalue weighted by Gasteiger charge is -2.18. The minimum Gasteiger partial charge on any atom is -0.340 e. The summed E-state index contributed by atoms with van der Waals surface area (Å²) in [6.07, 6.45) is 5.29. The molecule has 5 nitrogen and oxygen atoms in total. The van der Waals surface area contributed by atoms with Crippen LogP contribution in [0.5, 0.6) is 0 Å². The lowest BCUT2D eigenvalue weighted by Crippen LogP contribution is -2.30. The highest BCUT2D eigenvalue weighted by molar-refractivity contribution is 7.10. The molecule has 1 aliphatic rings. The van der Waals surface area contributed by atoms with Gasteiger partial charge in [0.15, 0.2) is 5.65 Å². The van der Waals surface area contributed by atoms with Crippen molar-refractivity contribution in [2.75, 3.05) is 13.1 Å². The Balaban J connectivity index is 1.56. The lowest BCUT2D eigenvalue weighted by atomic mass is 10.2. The Hall–Kier alpha value is -2.21. The first-order chi connectivity index (χ1) is 12.3. The number of thiophene rings is 1. The molecule has 4 heterocycles. The van der Waals surface area contributed by atoms with Gasteiger partial charge in [-0.3, -0.25) is 4.79 Å². The number of aromatic nitrogens is 3. The predicted molar refractivity (Wildman–Crippen MR) is 99.8 cm³/mol. The van der Waals surface area contributed by atoms with Crippen LogP contribution >= 0.6 is 11.3 Å². The fourth-order valence-corrected chi connectivity index (χ4v) is 4.31. The molecular formula is C19H22N4OS. The zero-order chi connectivity index (χ0) is 17.2. The SMILES string of the molecule is CCCc1nc2cccnc2n1[C@H]1CCN(C(=O)Cc2cccs2)C1. The Morgan fingerprint density at radius 1 is 1.36 bits per heavy atom. The van der Waals surface area contributed by atoms with Crippen LogP contribution in [0.15, 0.2) is 35.8 Å². The van der Waals surface area contributed by atoms with E-state index in [2.05, 4.69) is 16.5 Å². The van der Waals surface area contributed by atoms with E-state index in [1.54, 1.807) is 11.3 Å². The number of carbonyl (C=O) groups is 1. The average molecular weight is 354 g/mol. The second-order valence-corrected chi connectivity index (χ2v) is 7.56. The fraction of sp³-hybridized carbons (Fsp3) is 0.421. The highest BCUT2D eigenvalue weighted by Gasteiger charge is 2.30. The second kappa shape index (κ2) is 6.96. The minimum atomic E-state index is 0.222. The number of rotatable bonds is 5. The Morgan fingerprint density at radius 3 is 3.08 bits per heavy atom. The number of fused-ring (bicyclic) bond motifs is 1. The molecule has 0 radical (unpaired) electrons. The van der Waals surface area contributed by atoms with E-state index >= 15 is 0 Å². The molecule has 1 fully saturated rings. The van der Waals surface area contributed by atoms with Gasteiger partial charge in [0.25, 0.3) is 0 Å². The summed E-state index contributed by atoms with van der Waals surface area (Å²) >= 11 is 1.65. The van der Waals surface area contributed by atoms with Crippen LogP contribution in [-0.4, -0.2) is 38.4 Å². The molecule has 1 aliphatic heterocycles. The number of amides is 1. The van der Waals surface area contributed by atoms with E-state index < -0.39 is 0 Å². The standard InChI is InChI=1S/C19H22N4OS/c1-2-5-17-21-16-7-3-9-20-19(16)23(17)14-8-10-22(13-14)18(24)12-15-6-4-11-25-15/h3-4,6-7,9,11,14H,2,5,8,10,12-13H2,1H3/t14-/m0/s1. The molecule has 0 bridgehead atoms. The Morgan fingerprint density at radius 2 is 2.28 bits per heavy atom. The molecular weight excluding hydrogens is 332 g/mol. The maximum Gasteiger partial charge on any atom is 0.227 e. The predicted octanol–water partition coefficient (Wildman–Crippen LogP) is 3.46. The molecule has 1 saturated heterocycles. The zero-order valence-electron chi connectivity index (χ0n) is 14.4. The molecule has 1 atom stereocenters. The van der Waals surface area contributed by atoms with Crippen molar-refractivity contribution in [1.82, 2.24) is 19.4 Å². The van der Waals surface area contributed by atoms with Gasteiger partial charge in [0.2, 0.25) is 5.91 Å². The number of imidazole rings is 1. The van der Waals surface area contributed by atoms with Gasteiger partial charge in [-0.25, -0.2) is 9.97 Å². The largest absolute Gasteiger partial charge is 0.340 e. The van der Waals surface area contributed by atoms with Crippen LogP contribution in [0.4, 0.5) is 0 Å². The molecule has 0 spiro atoms. The van der Waals surface area contributed by atoms with E-state index in [0.29, 0.717) is 6.42 Å². The van der Waals surface area contributed by atoms with Crippen molar-refractivity contribution in [3.8, 4) is 0 Å². The van der Waals surface area contributed by atoms with Gasteiger partial charge >= 0.3 is 0 Å². The summed E-state index contributed by atoms with van der Waals surface area (Å²) in [5.41, 5.74) is 1.90. The molecule has 25 heavy (non-hydrogen) atoms. The van der Waals surface area contributed by atoms with E-state index in [0.717, 1.165) is 54.2 Å². The van der Waals surface area contributed by atoms with Crippen molar-refractivity contribution >= 4 is 28.4 Å². The van der Waals surface area contributed by atoms with Crippen LogP contribution in [-0.2, 0) is 17.6 Å². The summed E-state index contributed by atoms with van der Waals surface area (Å²) in [5.74, 6) is 1.31. The van der Waals surface area contributed by atoms with Gasteiger partial charge in [0.05, 0.1) is 12.5 Å². The summed E-state index contributed by atoms with van der Waals surface area (Å²) in [6, 6.07) is 8.25. The van der Waals surface area contributed by atoms with E-state index in [1.165, 1.54) is 0 Å². The molecule has 0 unspecified atom stereocenters. The smallest absolute Gasteiger partial charge is 0.227 e. The van der Waals surface area contributed by atoms with Gasteiger partial charge in [-0.15, -0.1) is 11.3 Å². The number of pyridine rings is 1. The highest BCUT2D eigenvalue weighted by Crippen LogP contribution is 2.28. The number of hydrogen-bond acceptors (Lipinski definition) is 4. The van der Waals surface area contributed by atoms with Crippen LogP contribution < -0.4 is 0 Å². The monoisotopic (exact) mass is 354 g/mol. The Kier molecular flexibility index (Phi) is 4.53. The molecule has 3 aromatic heterocycles. The van der Waals surface area contributed by atoms with Crippen LogP contribution in [0.2, 0.25) is 0 Å². The van der Waals surface area contributed by atoms with Gasteiger partial charge in [-0.2, -0.15) is 0 Å². The first kappa shape index (κ1) is 16.3. The second-order valence-electron chi connectivity index (χ2n) is 6.53. The quantitative estimate of drug-likeness (QED) is 0.705. The van der Waals surface area contributed by atoms with Crippen molar-refractivity contribution in [3.05, 3.63) is 46.5 Å². The minimum absolute atomic E-state index is 0.222. The Bertz CT molecular complexity index is 871. The van der Waals surface area contributed by atoms with Gasteiger partial charge in [-0.05, 0) is 36.4 Å². The number of carbonyl (C=O) groups excluding carboxylic acids is 1. The zero-order valence-corrected chi connectivity index (χ0v) is 15.2. The number of aryl methyl sites for hydroxylation is 1. The van der Waals surface area contributed by atoms with E-state index in [9.17, 15) is 4.79 Å². The third kappa shape index (κ3) is 3.18. The third-order valence-electron chi connectivity index (χ3n) is 4.78. The van der Waals surface area contributed by atoms with E-state index in [1.807, 2.05) is 40.7 Å². The number of likely N-dealkylation sites (tertiary alicyclic amines) is 1. The molecule has 0 saturated carbocycles. The first-order valence-corrected chi connectivity index (χ1v) is 9.76.